The molecule has 2 rings (SSSR count). The highest BCUT2D eigenvalue weighted by atomic mass is 16.6. The molecule has 0 N–H and O–H groups in total. The SMILES string of the molecule is Cn1cc(OCc2cccc([N+](=O)[O-])c2)cn1. The lowest BCUT2D eigenvalue weighted by molar-refractivity contribution is -0.384. The van der Waals surface area contributed by atoms with Crippen LogP contribution in [0.3, 0.4) is 0 Å². The molecule has 0 bridgehead atoms. The van der Waals surface area contributed by atoms with Crippen molar-refractivity contribution in [2.45, 2.75) is 6.61 Å². The molecule has 0 aliphatic rings. The minimum atomic E-state index is -0.423. The van der Waals surface area contributed by atoms with Gasteiger partial charge >= 0.3 is 0 Å². The Morgan fingerprint density at radius 3 is 3.00 bits per heavy atom. The molecule has 6 heteroatoms. The highest BCUT2D eigenvalue weighted by molar-refractivity contribution is 5.34. The van der Waals surface area contributed by atoms with E-state index in [1.165, 1.54) is 12.1 Å². The Hall–Kier alpha value is -2.37. The van der Waals surface area contributed by atoms with E-state index in [4.69, 9.17) is 4.74 Å². The molecule has 0 atom stereocenters. The minimum absolute atomic E-state index is 0.0669. The first-order chi connectivity index (χ1) is 8.15. The molecule has 0 spiro atoms. The summed E-state index contributed by atoms with van der Waals surface area (Å²) >= 11 is 0. The molecule has 1 aromatic heterocycles. The Morgan fingerprint density at radius 1 is 1.53 bits per heavy atom. The lowest BCUT2D eigenvalue weighted by Crippen LogP contribution is -1.96. The number of non-ortho nitro benzene ring substituents is 1. The van der Waals surface area contributed by atoms with E-state index in [9.17, 15) is 10.1 Å². The van der Waals surface area contributed by atoms with E-state index in [0.29, 0.717) is 5.75 Å². The average molecular weight is 233 g/mol. The molecule has 0 aliphatic carbocycles. The van der Waals surface area contributed by atoms with Crippen LogP contribution < -0.4 is 4.74 Å². The van der Waals surface area contributed by atoms with Crippen LogP contribution in [0.15, 0.2) is 36.7 Å². The first-order valence-electron chi connectivity index (χ1n) is 5.00. The molecule has 17 heavy (non-hydrogen) atoms. The number of nitro groups is 1. The average Bonchev–Trinajstić information content (AvgIpc) is 2.73. The number of nitrogens with zero attached hydrogens (tertiary/aromatic N) is 3. The summed E-state index contributed by atoms with van der Waals surface area (Å²) < 4.78 is 7.07. The lowest BCUT2D eigenvalue weighted by atomic mass is 10.2. The number of aromatic nitrogens is 2. The zero-order valence-electron chi connectivity index (χ0n) is 9.24. The molecule has 0 amide bonds. The molecule has 0 fully saturated rings. The Balaban J connectivity index is 2.04. The summed E-state index contributed by atoms with van der Waals surface area (Å²) in [4.78, 5) is 10.2. The number of aryl methyl sites for hydroxylation is 1. The molecule has 88 valence electrons. The number of nitro benzene ring substituents is 1. The lowest BCUT2D eigenvalue weighted by Gasteiger charge is -2.02. The maximum atomic E-state index is 10.6. The molecular weight excluding hydrogens is 222 g/mol. The van der Waals surface area contributed by atoms with E-state index in [0.717, 1.165) is 5.56 Å². The number of benzene rings is 1. The first kappa shape index (κ1) is 11.1. The van der Waals surface area contributed by atoms with Gasteiger partial charge in [0.25, 0.3) is 5.69 Å². The molecule has 0 saturated carbocycles. The van der Waals surface area contributed by atoms with Gasteiger partial charge in [0.15, 0.2) is 5.75 Å². The maximum Gasteiger partial charge on any atom is 0.269 e. The van der Waals surface area contributed by atoms with Crippen LogP contribution in [-0.4, -0.2) is 14.7 Å². The monoisotopic (exact) mass is 233 g/mol. The number of ether oxygens (including phenoxy) is 1. The minimum Gasteiger partial charge on any atom is -0.486 e. The van der Waals surface area contributed by atoms with Crippen LogP contribution in [0.1, 0.15) is 5.56 Å². The highest BCUT2D eigenvalue weighted by Gasteiger charge is 2.06. The molecule has 1 aromatic carbocycles. The van der Waals surface area contributed by atoms with Gasteiger partial charge < -0.3 is 4.74 Å². The largest absolute Gasteiger partial charge is 0.486 e. The molecule has 1 heterocycles. The fourth-order valence-corrected chi connectivity index (χ4v) is 1.40. The summed E-state index contributed by atoms with van der Waals surface area (Å²) in [6.45, 7) is 0.285. The fraction of sp³-hybridized carbons (Fsp3) is 0.182. The Bertz CT molecular complexity index is 536. The Labute approximate surface area is 97.6 Å². The molecule has 0 saturated heterocycles. The Morgan fingerprint density at radius 2 is 2.35 bits per heavy atom. The van der Waals surface area contributed by atoms with E-state index in [1.807, 2.05) is 0 Å². The van der Waals surface area contributed by atoms with Crippen molar-refractivity contribution in [1.29, 1.82) is 0 Å². The van der Waals surface area contributed by atoms with Crippen LogP contribution in [0.25, 0.3) is 0 Å². The van der Waals surface area contributed by atoms with Crippen LogP contribution in [0.4, 0.5) is 5.69 Å². The standard InChI is InChI=1S/C11H11N3O3/c1-13-7-11(6-12-13)17-8-9-3-2-4-10(5-9)14(15)16/h2-7H,8H2,1H3. The third-order valence-electron chi connectivity index (χ3n) is 2.21. The quantitative estimate of drug-likeness (QED) is 0.597. The van der Waals surface area contributed by atoms with Gasteiger partial charge in [0.2, 0.25) is 0 Å². The van der Waals surface area contributed by atoms with Gasteiger partial charge in [-0.2, -0.15) is 5.10 Å². The van der Waals surface area contributed by atoms with Gasteiger partial charge in [0, 0.05) is 19.2 Å². The van der Waals surface area contributed by atoms with Gasteiger partial charge in [0.1, 0.15) is 6.61 Å². The first-order valence-corrected chi connectivity index (χ1v) is 5.00. The molecule has 6 nitrogen and oxygen atoms in total. The van der Waals surface area contributed by atoms with E-state index >= 15 is 0 Å². The summed E-state index contributed by atoms with van der Waals surface area (Å²) in [5.41, 5.74) is 0.820. The van der Waals surface area contributed by atoms with Crippen molar-refractivity contribution in [3.8, 4) is 5.75 Å². The third kappa shape index (κ3) is 2.81. The van der Waals surface area contributed by atoms with Crippen molar-refractivity contribution < 1.29 is 9.66 Å². The number of rotatable bonds is 4. The number of hydrogen-bond acceptors (Lipinski definition) is 4. The maximum absolute atomic E-state index is 10.6. The zero-order valence-corrected chi connectivity index (χ0v) is 9.24. The summed E-state index contributed by atoms with van der Waals surface area (Å²) in [6.07, 6.45) is 3.33. The predicted octanol–water partition coefficient (Wildman–Crippen LogP) is 1.91. The molecular formula is C11H11N3O3. The number of hydrogen-bond donors (Lipinski definition) is 0. The van der Waals surface area contributed by atoms with Crippen LogP contribution in [0.5, 0.6) is 5.75 Å². The molecule has 2 aromatic rings. The van der Waals surface area contributed by atoms with Gasteiger partial charge in [-0.3, -0.25) is 14.8 Å². The van der Waals surface area contributed by atoms with Gasteiger partial charge in [0.05, 0.1) is 17.3 Å². The van der Waals surface area contributed by atoms with E-state index in [2.05, 4.69) is 5.10 Å². The topological polar surface area (TPSA) is 70.2 Å². The van der Waals surface area contributed by atoms with E-state index < -0.39 is 4.92 Å². The van der Waals surface area contributed by atoms with Gasteiger partial charge in [-0.25, -0.2) is 0 Å². The van der Waals surface area contributed by atoms with Gasteiger partial charge in [-0.15, -0.1) is 0 Å². The smallest absolute Gasteiger partial charge is 0.269 e. The second-order valence-corrected chi connectivity index (χ2v) is 3.57. The summed E-state index contributed by atoms with van der Waals surface area (Å²) in [5, 5.41) is 14.5. The summed E-state index contributed by atoms with van der Waals surface area (Å²) in [7, 11) is 1.79. The Kier molecular flexibility index (Phi) is 3.04. The van der Waals surface area contributed by atoms with Crippen LogP contribution >= 0.6 is 0 Å². The highest BCUT2D eigenvalue weighted by Crippen LogP contribution is 2.15. The van der Waals surface area contributed by atoms with Crippen molar-refractivity contribution in [2.75, 3.05) is 0 Å². The van der Waals surface area contributed by atoms with Crippen molar-refractivity contribution in [3.05, 3.63) is 52.3 Å². The molecule has 0 aliphatic heterocycles. The predicted molar refractivity (Wildman–Crippen MR) is 60.6 cm³/mol. The molecule has 0 radical (unpaired) electrons. The summed E-state index contributed by atoms with van der Waals surface area (Å²) in [5.74, 6) is 0.638. The second-order valence-electron chi connectivity index (χ2n) is 3.57. The van der Waals surface area contributed by atoms with Crippen LogP contribution in [0, 0.1) is 10.1 Å². The third-order valence-corrected chi connectivity index (χ3v) is 2.21. The zero-order chi connectivity index (χ0) is 12.3. The van der Waals surface area contributed by atoms with Gasteiger partial charge in [-0.1, -0.05) is 12.1 Å². The van der Waals surface area contributed by atoms with Crippen molar-refractivity contribution in [3.63, 3.8) is 0 Å². The van der Waals surface area contributed by atoms with Crippen LogP contribution in [-0.2, 0) is 13.7 Å². The van der Waals surface area contributed by atoms with Gasteiger partial charge in [-0.05, 0) is 5.56 Å². The normalized spacial score (nSPS) is 10.2. The van der Waals surface area contributed by atoms with E-state index in [1.54, 1.807) is 36.3 Å². The van der Waals surface area contributed by atoms with E-state index in [-0.39, 0.29) is 12.3 Å². The summed E-state index contributed by atoms with van der Waals surface area (Å²) in [6, 6.07) is 6.37. The van der Waals surface area contributed by atoms with Crippen LogP contribution in [0.2, 0.25) is 0 Å². The van der Waals surface area contributed by atoms with Crippen molar-refractivity contribution in [1.82, 2.24) is 9.78 Å². The van der Waals surface area contributed by atoms with Crippen molar-refractivity contribution >= 4 is 5.69 Å². The molecule has 0 unspecified atom stereocenters. The fourth-order valence-electron chi connectivity index (χ4n) is 1.40. The second kappa shape index (κ2) is 4.65. The van der Waals surface area contributed by atoms with Crippen molar-refractivity contribution in [2.24, 2.45) is 7.05 Å².